The maximum atomic E-state index is 14.1. The highest BCUT2D eigenvalue weighted by Gasteiger charge is 2.11. The van der Waals surface area contributed by atoms with Crippen molar-refractivity contribution in [2.24, 2.45) is 0 Å². The minimum absolute atomic E-state index is 0.0292. The highest BCUT2D eigenvalue weighted by atomic mass is 19.1. The summed E-state index contributed by atoms with van der Waals surface area (Å²) >= 11 is 0. The number of hydrogen-bond donors (Lipinski definition) is 1. The molecule has 0 aliphatic carbocycles. The zero-order chi connectivity index (χ0) is 20.9. The molecule has 4 rings (SSSR count). The van der Waals surface area contributed by atoms with Gasteiger partial charge >= 0.3 is 0 Å². The molecule has 3 nitrogen and oxygen atoms in total. The molecule has 4 aromatic rings. The molecule has 0 unspecified atom stereocenters. The van der Waals surface area contributed by atoms with Gasteiger partial charge in [0.25, 0.3) is 0 Å². The highest BCUT2D eigenvalue weighted by molar-refractivity contribution is 5.85. The second kappa shape index (κ2) is 8.95. The summed E-state index contributed by atoms with van der Waals surface area (Å²) in [4.78, 5) is 12.4. The topological polar surface area (TPSA) is 34.0 Å². The van der Waals surface area contributed by atoms with Crippen molar-refractivity contribution in [2.45, 2.75) is 32.9 Å². The first kappa shape index (κ1) is 19.9. The summed E-state index contributed by atoms with van der Waals surface area (Å²) in [6.07, 6.45) is 3.11. The van der Waals surface area contributed by atoms with Crippen molar-refractivity contribution in [1.29, 1.82) is 0 Å². The van der Waals surface area contributed by atoms with Crippen LogP contribution in [0.2, 0.25) is 0 Å². The van der Waals surface area contributed by atoms with Gasteiger partial charge < -0.3 is 9.88 Å². The van der Waals surface area contributed by atoms with E-state index in [0.29, 0.717) is 31.5 Å². The molecule has 0 bridgehead atoms. The quantitative estimate of drug-likeness (QED) is 0.444. The van der Waals surface area contributed by atoms with Gasteiger partial charge in [0.05, 0.1) is 6.54 Å². The van der Waals surface area contributed by atoms with Crippen LogP contribution in [-0.2, 0) is 24.3 Å². The molecule has 0 aliphatic rings. The zero-order valence-corrected chi connectivity index (χ0v) is 17.1. The van der Waals surface area contributed by atoms with Crippen molar-refractivity contribution in [3.8, 4) is 0 Å². The highest BCUT2D eigenvalue weighted by Crippen LogP contribution is 2.24. The first-order valence-electron chi connectivity index (χ1n) is 10.2. The van der Waals surface area contributed by atoms with Crippen LogP contribution < -0.4 is 5.32 Å². The van der Waals surface area contributed by atoms with Crippen molar-refractivity contribution >= 4 is 16.8 Å². The van der Waals surface area contributed by atoms with Crippen LogP contribution >= 0.6 is 0 Å². The summed E-state index contributed by atoms with van der Waals surface area (Å²) in [5, 5.41) is 4.11. The molecule has 30 heavy (non-hydrogen) atoms. The molecule has 152 valence electrons. The standard InChI is InChI=1S/C26H25FN2O/c1-19-10-12-20(13-11-19)16-28-26(30)15-14-21-17-29(25-9-5-3-7-23(21)25)18-22-6-2-4-8-24(22)27/h2-13,17H,14-16,18H2,1H3,(H,28,30). The Morgan fingerprint density at radius 1 is 0.933 bits per heavy atom. The third-order valence-electron chi connectivity index (χ3n) is 5.40. The molecule has 0 spiro atoms. The Hall–Kier alpha value is -3.40. The molecule has 1 amide bonds. The molecule has 0 aliphatic heterocycles. The largest absolute Gasteiger partial charge is 0.352 e. The zero-order valence-electron chi connectivity index (χ0n) is 17.1. The van der Waals surface area contributed by atoms with Gasteiger partial charge in [0.1, 0.15) is 5.82 Å². The number of hydrogen-bond acceptors (Lipinski definition) is 1. The van der Waals surface area contributed by atoms with Gasteiger partial charge in [-0.3, -0.25) is 4.79 Å². The predicted molar refractivity (Wildman–Crippen MR) is 119 cm³/mol. The van der Waals surface area contributed by atoms with Gasteiger partial charge in [0, 0.05) is 35.6 Å². The minimum atomic E-state index is -0.202. The van der Waals surface area contributed by atoms with Crippen molar-refractivity contribution in [2.75, 3.05) is 0 Å². The van der Waals surface area contributed by atoms with Gasteiger partial charge in [-0.15, -0.1) is 0 Å². The van der Waals surface area contributed by atoms with Crippen LogP contribution in [0.3, 0.4) is 0 Å². The van der Waals surface area contributed by atoms with E-state index in [0.717, 1.165) is 22.0 Å². The molecule has 1 N–H and O–H groups in total. The molecule has 0 atom stereocenters. The van der Waals surface area contributed by atoms with Gasteiger partial charge in [-0.2, -0.15) is 0 Å². The number of aromatic nitrogens is 1. The number of benzene rings is 3. The Bertz CT molecular complexity index is 1160. The summed E-state index contributed by atoms with van der Waals surface area (Å²) in [6.45, 7) is 3.05. The normalized spacial score (nSPS) is 11.0. The fraction of sp³-hybridized carbons (Fsp3) is 0.192. The van der Waals surface area contributed by atoms with Crippen LogP contribution in [0.25, 0.3) is 10.9 Å². The fourth-order valence-electron chi connectivity index (χ4n) is 3.71. The van der Waals surface area contributed by atoms with E-state index >= 15 is 0 Å². The Balaban J connectivity index is 1.44. The third kappa shape index (κ3) is 4.60. The molecule has 0 saturated heterocycles. The lowest BCUT2D eigenvalue weighted by Gasteiger charge is -2.06. The van der Waals surface area contributed by atoms with Crippen LogP contribution in [0.5, 0.6) is 0 Å². The van der Waals surface area contributed by atoms with Gasteiger partial charge in [0.2, 0.25) is 5.91 Å². The number of nitrogens with one attached hydrogen (secondary N) is 1. The smallest absolute Gasteiger partial charge is 0.220 e. The summed E-state index contributed by atoms with van der Waals surface area (Å²) in [6, 6.07) is 23.1. The van der Waals surface area contributed by atoms with E-state index in [-0.39, 0.29) is 11.7 Å². The summed E-state index contributed by atoms with van der Waals surface area (Å²) < 4.78 is 16.2. The van der Waals surface area contributed by atoms with Gasteiger partial charge in [0.15, 0.2) is 0 Å². The maximum absolute atomic E-state index is 14.1. The van der Waals surface area contributed by atoms with E-state index in [4.69, 9.17) is 0 Å². The number of aryl methyl sites for hydroxylation is 2. The van der Waals surface area contributed by atoms with Crippen LogP contribution in [0.1, 0.15) is 28.7 Å². The summed E-state index contributed by atoms with van der Waals surface area (Å²) in [5.74, 6) is -0.172. The van der Waals surface area contributed by atoms with Crippen LogP contribution in [0.4, 0.5) is 4.39 Å². The second-order valence-corrected chi connectivity index (χ2v) is 7.65. The van der Waals surface area contributed by atoms with E-state index in [1.165, 1.54) is 11.6 Å². The van der Waals surface area contributed by atoms with Gasteiger partial charge in [-0.05, 0) is 36.6 Å². The van der Waals surface area contributed by atoms with Crippen molar-refractivity contribution in [3.05, 3.63) is 107 Å². The third-order valence-corrected chi connectivity index (χ3v) is 5.40. The Morgan fingerprint density at radius 3 is 2.47 bits per heavy atom. The van der Waals surface area contributed by atoms with E-state index in [1.807, 2.05) is 67.7 Å². The number of amides is 1. The average molecular weight is 400 g/mol. The number of carbonyl (C=O) groups is 1. The minimum Gasteiger partial charge on any atom is -0.352 e. The summed E-state index contributed by atoms with van der Waals surface area (Å²) in [7, 11) is 0. The lowest BCUT2D eigenvalue weighted by atomic mass is 10.1. The number of carbonyl (C=O) groups excluding carboxylic acids is 1. The summed E-state index contributed by atoms with van der Waals surface area (Å²) in [5.41, 5.74) is 5.11. The fourth-order valence-corrected chi connectivity index (χ4v) is 3.71. The molecule has 1 aromatic heterocycles. The first-order valence-corrected chi connectivity index (χ1v) is 10.2. The van der Waals surface area contributed by atoms with Gasteiger partial charge in [-0.1, -0.05) is 66.2 Å². The first-order chi connectivity index (χ1) is 14.6. The Kier molecular flexibility index (Phi) is 5.94. The van der Waals surface area contributed by atoms with Crippen molar-refractivity contribution in [1.82, 2.24) is 9.88 Å². The molecule has 0 saturated carbocycles. The Labute approximate surface area is 176 Å². The molecular weight excluding hydrogens is 375 g/mol. The monoisotopic (exact) mass is 400 g/mol. The van der Waals surface area contributed by atoms with Gasteiger partial charge in [-0.25, -0.2) is 4.39 Å². The molecule has 0 fully saturated rings. The van der Waals surface area contributed by atoms with E-state index in [2.05, 4.69) is 16.0 Å². The number of rotatable bonds is 7. The van der Waals surface area contributed by atoms with Crippen LogP contribution in [-0.4, -0.2) is 10.5 Å². The van der Waals surface area contributed by atoms with E-state index in [9.17, 15) is 9.18 Å². The number of fused-ring (bicyclic) bond motifs is 1. The molecular formula is C26H25FN2O. The van der Waals surface area contributed by atoms with Crippen molar-refractivity contribution < 1.29 is 9.18 Å². The van der Waals surface area contributed by atoms with E-state index < -0.39 is 0 Å². The predicted octanol–water partition coefficient (Wildman–Crippen LogP) is 5.39. The SMILES string of the molecule is Cc1ccc(CNC(=O)CCc2cn(Cc3ccccc3F)c3ccccc23)cc1. The number of para-hydroxylation sites is 1. The average Bonchev–Trinajstić information content (AvgIpc) is 3.11. The van der Waals surface area contributed by atoms with Crippen LogP contribution in [0, 0.1) is 12.7 Å². The second-order valence-electron chi connectivity index (χ2n) is 7.65. The number of halogens is 1. The maximum Gasteiger partial charge on any atom is 0.220 e. The molecule has 1 heterocycles. The number of nitrogens with zero attached hydrogens (tertiary/aromatic N) is 1. The van der Waals surface area contributed by atoms with E-state index in [1.54, 1.807) is 6.07 Å². The molecule has 4 heteroatoms. The lowest BCUT2D eigenvalue weighted by Crippen LogP contribution is -2.22. The Morgan fingerprint density at radius 2 is 1.67 bits per heavy atom. The lowest BCUT2D eigenvalue weighted by molar-refractivity contribution is -0.121. The molecule has 3 aromatic carbocycles. The van der Waals surface area contributed by atoms with Crippen LogP contribution in [0.15, 0.2) is 79.0 Å². The van der Waals surface area contributed by atoms with Crippen molar-refractivity contribution in [3.63, 3.8) is 0 Å². The molecule has 0 radical (unpaired) electrons.